The first-order valence-corrected chi connectivity index (χ1v) is 8.96. The molecule has 1 aliphatic carbocycles. The molecule has 0 atom stereocenters. The van der Waals surface area contributed by atoms with E-state index in [1.165, 1.54) is 17.7 Å². The minimum absolute atomic E-state index is 0.00264. The highest BCUT2D eigenvalue weighted by Crippen LogP contribution is 2.37. The second-order valence-corrected chi connectivity index (χ2v) is 6.91. The number of hydrogen-bond acceptors (Lipinski definition) is 4. The van der Waals surface area contributed by atoms with E-state index in [1.54, 1.807) is 43.6 Å². The monoisotopic (exact) mass is 351 g/mol. The molecule has 6 heteroatoms. The molecule has 0 saturated heterocycles. The van der Waals surface area contributed by atoms with E-state index in [1.807, 2.05) is 0 Å². The van der Waals surface area contributed by atoms with Crippen molar-refractivity contribution in [2.45, 2.75) is 32.1 Å². The van der Waals surface area contributed by atoms with Crippen molar-refractivity contribution in [3.63, 3.8) is 0 Å². The van der Waals surface area contributed by atoms with E-state index in [0.717, 1.165) is 12.8 Å². The average molecular weight is 351 g/mol. The number of ether oxygens (including phenoxy) is 1. The van der Waals surface area contributed by atoms with E-state index in [-0.39, 0.29) is 11.8 Å². The van der Waals surface area contributed by atoms with Crippen molar-refractivity contribution in [2.24, 2.45) is 5.92 Å². The maximum absolute atomic E-state index is 12.8. The van der Waals surface area contributed by atoms with Crippen LogP contribution in [0.1, 0.15) is 42.5 Å². The molecule has 0 unspecified atom stereocenters. The summed E-state index contributed by atoms with van der Waals surface area (Å²) in [6, 6.07) is 8.68. The lowest BCUT2D eigenvalue weighted by molar-refractivity contribution is -0.117. The van der Waals surface area contributed by atoms with Crippen LogP contribution in [0.15, 0.2) is 36.5 Å². The number of benzene rings is 1. The van der Waals surface area contributed by atoms with E-state index in [2.05, 4.69) is 10.3 Å². The van der Waals surface area contributed by atoms with Crippen molar-refractivity contribution in [1.82, 2.24) is 4.98 Å². The standard InChI is InChI=1S/C20H21N3O3/c1-23-16-7-4-10-21-19(16)26-17-9-8-14(12-15(17)20(23)25)22-18(24)11-13-5-2-3-6-13/h4,7-10,12-13H,2-3,5-6,11H2,1H3,(H,22,24). The van der Waals surface area contributed by atoms with Crippen LogP contribution in [0.25, 0.3) is 0 Å². The van der Waals surface area contributed by atoms with Crippen LogP contribution in [0.4, 0.5) is 11.4 Å². The molecule has 2 aromatic rings. The van der Waals surface area contributed by atoms with Crippen LogP contribution in [0, 0.1) is 5.92 Å². The maximum atomic E-state index is 12.8. The Morgan fingerprint density at radius 2 is 2.12 bits per heavy atom. The Bertz CT molecular complexity index is 859. The van der Waals surface area contributed by atoms with Gasteiger partial charge in [-0.3, -0.25) is 9.59 Å². The Morgan fingerprint density at radius 3 is 2.92 bits per heavy atom. The zero-order chi connectivity index (χ0) is 18.1. The van der Waals surface area contributed by atoms with Crippen LogP contribution >= 0.6 is 0 Å². The number of nitrogens with zero attached hydrogens (tertiary/aromatic N) is 2. The number of anilines is 2. The highest BCUT2D eigenvalue weighted by molar-refractivity contribution is 6.10. The van der Waals surface area contributed by atoms with E-state index < -0.39 is 0 Å². The topological polar surface area (TPSA) is 71.5 Å². The molecule has 1 aliphatic heterocycles. The van der Waals surface area contributed by atoms with Crippen molar-refractivity contribution in [3.05, 3.63) is 42.1 Å². The number of amides is 2. The van der Waals surface area contributed by atoms with Gasteiger partial charge < -0.3 is 15.0 Å². The largest absolute Gasteiger partial charge is 0.436 e. The van der Waals surface area contributed by atoms with Gasteiger partial charge in [0.15, 0.2) is 0 Å². The molecule has 1 aromatic heterocycles. The SMILES string of the molecule is CN1C(=O)c2cc(NC(=O)CC3CCCC3)ccc2Oc2ncccc21. The van der Waals surface area contributed by atoms with Crippen LogP contribution in [-0.4, -0.2) is 23.8 Å². The summed E-state index contributed by atoms with van der Waals surface area (Å²) >= 11 is 0. The molecule has 134 valence electrons. The number of nitrogens with one attached hydrogen (secondary N) is 1. The molecular formula is C20H21N3O3. The molecule has 0 bridgehead atoms. The summed E-state index contributed by atoms with van der Waals surface area (Å²) in [5.74, 6) is 1.11. The Kier molecular flexibility index (Phi) is 4.32. The van der Waals surface area contributed by atoms with Gasteiger partial charge in [-0.1, -0.05) is 12.8 Å². The first-order valence-electron chi connectivity index (χ1n) is 8.96. The molecule has 26 heavy (non-hydrogen) atoms. The van der Waals surface area contributed by atoms with Crippen LogP contribution in [0.5, 0.6) is 11.6 Å². The van der Waals surface area contributed by atoms with E-state index in [4.69, 9.17) is 4.74 Å². The quantitative estimate of drug-likeness (QED) is 0.908. The lowest BCUT2D eigenvalue weighted by atomic mass is 10.0. The van der Waals surface area contributed by atoms with Gasteiger partial charge in [-0.05, 0) is 49.1 Å². The van der Waals surface area contributed by atoms with Gasteiger partial charge in [0.2, 0.25) is 11.8 Å². The van der Waals surface area contributed by atoms with Gasteiger partial charge in [0.1, 0.15) is 11.4 Å². The Morgan fingerprint density at radius 1 is 1.31 bits per heavy atom. The fraction of sp³-hybridized carbons (Fsp3) is 0.350. The third kappa shape index (κ3) is 3.14. The van der Waals surface area contributed by atoms with Crippen LogP contribution in [0.2, 0.25) is 0 Å². The molecule has 0 radical (unpaired) electrons. The molecule has 2 amide bonds. The normalized spacial score (nSPS) is 16.5. The second-order valence-electron chi connectivity index (χ2n) is 6.91. The average Bonchev–Trinajstić information content (AvgIpc) is 3.11. The third-order valence-electron chi connectivity index (χ3n) is 5.07. The zero-order valence-corrected chi connectivity index (χ0v) is 14.7. The summed E-state index contributed by atoms with van der Waals surface area (Å²) in [5.41, 5.74) is 1.63. The smallest absolute Gasteiger partial charge is 0.262 e. The summed E-state index contributed by atoms with van der Waals surface area (Å²) < 4.78 is 5.82. The summed E-state index contributed by atoms with van der Waals surface area (Å²) in [6.07, 6.45) is 6.84. The van der Waals surface area contributed by atoms with E-state index in [9.17, 15) is 9.59 Å². The van der Waals surface area contributed by atoms with E-state index in [0.29, 0.717) is 40.9 Å². The summed E-state index contributed by atoms with van der Waals surface area (Å²) in [5, 5.41) is 2.92. The second kappa shape index (κ2) is 6.78. The number of rotatable bonds is 3. The highest BCUT2D eigenvalue weighted by Gasteiger charge is 2.27. The lowest BCUT2D eigenvalue weighted by Crippen LogP contribution is -2.25. The first kappa shape index (κ1) is 16.6. The van der Waals surface area contributed by atoms with Crippen LogP contribution in [0.3, 0.4) is 0 Å². The molecule has 6 nitrogen and oxygen atoms in total. The predicted octanol–water partition coefficient (Wildman–Crippen LogP) is 3.98. The zero-order valence-electron chi connectivity index (χ0n) is 14.7. The number of carbonyl (C=O) groups is 2. The number of aromatic nitrogens is 1. The molecule has 0 spiro atoms. The fourth-order valence-electron chi connectivity index (χ4n) is 3.66. The first-order chi connectivity index (χ1) is 12.6. The van der Waals surface area contributed by atoms with Crippen molar-refractivity contribution in [2.75, 3.05) is 17.3 Å². The van der Waals surface area contributed by atoms with E-state index >= 15 is 0 Å². The van der Waals surface area contributed by atoms with Crippen molar-refractivity contribution < 1.29 is 14.3 Å². The summed E-state index contributed by atoms with van der Waals surface area (Å²) in [6.45, 7) is 0. The minimum atomic E-state index is -0.196. The number of pyridine rings is 1. The molecular weight excluding hydrogens is 330 g/mol. The molecule has 2 heterocycles. The van der Waals surface area contributed by atoms with Crippen LogP contribution < -0.4 is 15.0 Å². The lowest BCUT2D eigenvalue weighted by Gasteiger charge is -2.15. The number of fused-ring (bicyclic) bond motifs is 2. The van der Waals surface area contributed by atoms with Crippen molar-refractivity contribution in [1.29, 1.82) is 0 Å². The third-order valence-corrected chi connectivity index (χ3v) is 5.07. The van der Waals surface area contributed by atoms with Gasteiger partial charge in [-0.15, -0.1) is 0 Å². The van der Waals surface area contributed by atoms with Gasteiger partial charge in [0.25, 0.3) is 5.91 Å². The molecule has 4 rings (SSSR count). The van der Waals surface area contributed by atoms with Crippen molar-refractivity contribution >= 4 is 23.2 Å². The Labute approximate surface area is 152 Å². The van der Waals surface area contributed by atoms with Gasteiger partial charge >= 0.3 is 0 Å². The predicted molar refractivity (Wildman–Crippen MR) is 98.7 cm³/mol. The van der Waals surface area contributed by atoms with Gasteiger partial charge in [0.05, 0.1) is 5.56 Å². The van der Waals surface area contributed by atoms with Gasteiger partial charge in [0, 0.05) is 25.4 Å². The Balaban J connectivity index is 1.57. The Hall–Kier alpha value is -2.89. The molecule has 1 aromatic carbocycles. The highest BCUT2D eigenvalue weighted by atomic mass is 16.5. The number of carbonyl (C=O) groups excluding carboxylic acids is 2. The maximum Gasteiger partial charge on any atom is 0.262 e. The summed E-state index contributed by atoms with van der Waals surface area (Å²) in [4.78, 5) is 30.8. The van der Waals surface area contributed by atoms with Crippen molar-refractivity contribution in [3.8, 4) is 11.6 Å². The minimum Gasteiger partial charge on any atom is -0.436 e. The molecule has 1 N–H and O–H groups in total. The van der Waals surface area contributed by atoms with Gasteiger partial charge in [-0.2, -0.15) is 0 Å². The molecule has 1 saturated carbocycles. The summed E-state index contributed by atoms with van der Waals surface area (Å²) in [7, 11) is 1.69. The number of hydrogen-bond donors (Lipinski definition) is 1. The molecule has 2 aliphatic rings. The molecule has 1 fully saturated rings. The van der Waals surface area contributed by atoms with Gasteiger partial charge in [-0.25, -0.2) is 4.98 Å². The fourth-order valence-corrected chi connectivity index (χ4v) is 3.66. The van der Waals surface area contributed by atoms with Crippen LogP contribution in [-0.2, 0) is 4.79 Å².